The number of aliphatic hydroxyl groups is 1. The topological polar surface area (TPSA) is 54.3 Å². The van der Waals surface area contributed by atoms with Gasteiger partial charge in [-0.2, -0.15) is 22.0 Å². The molecule has 0 bridgehead atoms. The molecule has 170 valence electrons. The summed E-state index contributed by atoms with van der Waals surface area (Å²) >= 11 is 0. The highest BCUT2D eigenvalue weighted by molar-refractivity contribution is 5.66. The molecule has 1 unspecified atom stereocenters. The van der Waals surface area contributed by atoms with Crippen LogP contribution in [0.25, 0.3) is 0 Å². The second-order valence-electron chi connectivity index (χ2n) is 6.77. The molecule has 10 heteroatoms. The Morgan fingerprint density at radius 3 is 2.26 bits per heavy atom. The SMILES string of the molecule is CCN(C)/C=N/c1cc(OC)c(C(O)(c2ccc(OC(F)F)cc2)C(F)(F)F)cc1C. The summed E-state index contributed by atoms with van der Waals surface area (Å²) < 4.78 is 76.4. The van der Waals surface area contributed by atoms with Crippen molar-refractivity contribution in [2.75, 3.05) is 20.7 Å². The minimum absolute atomic E-state index is 0.232. The van der Waals surface area contributed by atoms with E-state index >= 15 is 0 Å². The standard InChI is InChI=1S/C21H23F5N2O3/c1-5-28(3)12-27-17-11-18(30-4)16(10-13(17)2)20(29,21(24,25)26)14-6-8-15(9-7-14)31-19(22)23/h6-12,19,29H,5H2,1-4H3/b27-12+. The third-order valence-electron chi connectivity index (χ3n) is 4.71. The molecule has 2 rings (SSSR count). The van der Waals surface area contributed by atoms with Crippen molar-refractivity contribution in [3.8, 4) is 11.5 Å². The van der Waals surface area contributed by atoms with E-state index in [4.69, 9.17) is 4.74 Å². The van der Waals surface area contributed by atoms with E-state index in [9.17, 15) is 27.1 Å². The molecule has 2 aromatic rings. The van der Waals surface area contributed by atoms with Crippen molar-refractivity contribution in [2.45, 2.75) is 32.2 Å². The number of alkyl halides is 5. The maximum absolute atomic E-state index is 14.1. The summed E-state index contributed by atoms with van der Waals surface area (Å²) in [7, 11) is 2.96. The summed E-state index contributed by atoms with van der Waals surface area (Å²) in [6, 6.07) is 6.06. The van der Waals surface area contributed by atoms with Crippen LogP contribution in [-0.4, -0.2) is 49.8 Å². The lowest BCUT2D eigenvalue weighted by Crippen LogP contribution is -2.43. The first-order valence-electron chi connectivity index (χ1n) is 9.22. The second kappa shape index (κ2) is 9.51. The van der Waals surface area contributed by atoms with E-state index in [1.165, 1.54) is 19.5 Å². The molecule has 0 aliphatic rings. The molecule has 31 heavy (non-hydrogen) atoms. The zero-order valence-electron chi connectivity index (χ0n) is 17.4. The van der Waals surface area contributed by atoms with E-state index in [0.29, 0.717) is 17.8 Å². The number of halogens is 5. The molecule has 2 aromatic carbocycles. The van der Waals surface area contributed by atoms with Crippen molar-refractivity contribution in [1.82, 2.24) is 4.90 Å². The number of hydrogen-bond donors (Lipinski definition) is 1. The Balaban J connectivity index is 2.63. The summed E-state index contributed by atoms with van der Waals surface area (Å²) in [4.78, 5) is 6.03. The predicted molar refractivity (Wildman–Crippen MR) is 106 cm³/mol. The lowest BCUT2D eigenvalue weighted by molar-refractivity contribution is -0.248. The van der Waals surface area contributed by atoms with Crippen molar-refractivity contribution < 1.29 is 36.5 Å². The quantitative estimate of drug-likeness (QED) is 0.352. The largest absolute Gasteiger partial charge is 0.496 e. The third kappa shape index (κ3) is 5.25. The number of benzene rings is 2. The zero-order valence-corrected chi connectivity index (χ0v) is 17.4. The molecule has 1 atom stereocenters. The molecule has 0 radical (unpaired) electrons. The van der Waals surface area contributed by atoms with Crippen LogP contribution in [-0.2, 0) is 5.60 Å². The Bertz CT molecular complexity index is 916. The highest BCUT2D eigenvalue weighted by Gasteiger charge is 2.57. The Morgan fingerprint density at radius 1 is 1.16 bits per heavy atom. The number of ether oxygens (including phenoxy) is 2. The molecule has 0 amide bonds. The van der Waals surface area contributed by atoms with Gasteiger partial charge in [0, 0.05) is 25.2 Å². The summed E-state index contributed by atoms with van der Waals surface area (Å²) in [6.07, 6.45) is -3.62. The van der Waals surface area contributed by atoms with Gasteiger partial charge in [0.15, 0.2) is 0 Å². The van der Waals surface area contributed by atoms with Crippen LogP contribution in [0.15, 0.2) is 41.4 Å². The van der Waals surface area contributed by atoms with Crippen LogP contribution in [0, 0.1) is 6.92 Å². The second-order valence-corrected chi connectivity index (χ2v) is 6.77. The van der Waals surface area contributed by atoms with Crippen molar-refractivity contribution >= 4 is 12.0 Å². The normalized spacial score (nSPS) is 14.0. The van der Waals surface area contributed by atoms with E-state index in [2.05, 4.69) is 9.73 Å². The summed E-state index contributed by atoms with van der Waals surface area (Å²) in [5.74, 6) is -0.569. The molecule has 0 heterocycles. The van der Waals surface area contributed by atoms with Gasteiger partial charge in [0.05, 0.1) is 19.1 Å². The fourth-order valence-corrected chi connectivity index (χ4v) is 2.86. The van der Waals surface area contributed by atoms with Crippen LogP contribution in [0.4, 0.5) is 27.6 Å². The van der Waals surface area contributed by atoms with E-state index in [0.717, 1.165) is 30.3 Å². The van der Waals surface area contributed by atoms with Crippen molar-refractivity contribution in [3.05, 3.63) is 53.1 Å². The molecule has 1 N–H and O–H groups in total. The van der Waals surface area contributed by atoms with Crippen LogP contribution in [0.1, 0.15) is 23.6 Å². The number of methoxy groups -OCH3 is 1. The molecule has 0 spiro atoms. The van der Waals surface area contributed by atoms with Gasteiger partial charge in [-0.15, -0.1) is 0 Å². The Morgan fingerprint density at radius 2 is 1.77 bits per heavy atom. The first kappa shape index (κ1) is 24.4. The molecule has 0 aliphatic heterocycles. The number of rotatable bonds is 8. The van der Waals surface area contributed by atoms with Crippen molar-refractivity contribution in [2.24, 2.45) is 4.99 Å². The molecule has 0 saturated heterocycles. The van der Waals surface area contributed by atoms with Gasteiger partial charge in [-0.25, -0.2) is 4.99 Å². The van der Waals surface area contributed by atoms with Gasteiger partial charge in [-0.3, -0.25) is 0 Å². The maximum Gasteiger partial charge on any atom is 0.425 e. The molecule has 0 fully saturated rings. The van der Waals surface area contributed by atoms with Gasteiger partial charge >= 0.3 is 12.8 Å². The van der Waals surface area contributed by atoms with Crippen LogP contribution in [0.3, 0.4) is 0 Å². The molecule has 0 aromatic heterocycles. The Kier molecular flexibility index (Phi) is 7.48. The van der Waals surface area contributed by atoms with E-state index in [-0.39, 0.29) is 11.5 Å². The highest BCUT2D eigenvalue weighted by Crippen LogP contribution is 2.49. The average molecular weight is 446 g/mol. The van der Waals surface area contributed by atoms with Gasteiger partial charge in [-0.1, -0.05) is 12.1 Å². The first-order chi connectivity index (χ1) is 14.4. The number of aliphatic imine (C=N–C) groups is 1. The molecular formula is C21H23F5N2O3. The third-order valence-corrected chi connectivity index (χ3v) is 4.71. The lowest BCUT2D eigenvalue weighted by atomic mass is 9.84. The zero-order chi connectivity index (χ0) is 23.4. The fraction of sp³-hybridized carbons (Fsp3) is 0.381. The number of aryl methyl sites for hydroxylation is 1. The van der Waals surface area contributed by atoms with Crippen LogP contribution in [0.2, 0.25) is 0 Å². The smallest absolute Gasteiger partial charge is 0.425 e. The number of nitrogens with zero attached hydrogens (tertiary/aromatic N) is 2. The Hall–Kier alpha value is -2.88. The van der Waals surface area contributed by atoms with E-state index < -0.39 is 29.5 Å². The summed E-state index contributed by atoms with van der Waals surface area (Å²) in [5, 5.41) is 10.9. The van der Waals surface area contributed by atoms with Crippen LogP contribution in [0.5, 0.6) is 11.5 Å². The maximum atomic E-state index is 14.1. The summed E-state index contributed by atoms with van der Waals surface area (Å²) in [5.41, 5.74) is -3.86. The van der Waals surface area contributed by atoms with Crippen LogP contribution >= 0.6 is 0 Å². The minimum atomic E-state index is -5.15. The first-order valence-corrected chi connectivity index (χ1v) is 9.22. The average Bonchev–Trinajstić information content (AvgIpc) is 2.71. The summed E-state index contributed by atoms with van der Waals surface area (Å²) in [6.45, 7) is 1.01. The van der Waals surface area contributed by atoms with Gasteiger partial charge in [0.2, 0.25) is 5.60 Å². The molecule has 5 nitrogen and oxygen atoms in total. The highest BCUT2D eigenvalue weighted by atomic mass is 19.4. The fourth-order valence-electron chi connectivity index (χ4n) is 2.86. The van der Waals surface area contributed by atoms with Gasteiger partial charge in [0.25, 0.3) is 0 Å². The molecule has 0 saturated carbocycles. The van der Waals surface area contributed by atoms with Crippen molar-refractivity contribution in [1.29, 1.82) is 0 Å². The predicted octanol–water partition coefficient (Wildman–Crippen LogP) is 5.01. The minimum Gasteiger partial charge on any atom is -0.496 e. The van der Waals surface area contributed by atoms with E-state index in [1.54, 1.807) is 18.9 Å². The van der Waals surface area contributed by atoms with Gasteiger partial charge < -0.3 is 19.5 Å². The lowest BCUT2D eigenvalue weighted by Gasteiger charge is -2.33. The van der Waals surface area contributed by atoms with E-state index in [1.807, 2.05) is 6.92 Å². The van der Waals surface area contributed by atoms with Crippen molar-refractivity contribution in [3.63, 3.8) is 0 Å². The number of hydrogen-bond acceptors (Lipinski definition) is 4. The molecular weight excluding hydrogens is 423 g/mol. The Labute approximate surface area is 176 Å². The molecule has 0 aliphatic carbocycles. The van der Waals surface area contributed by atoms with Crippen LogP contribution < -0.4 is 9.47 Å². The van der Waals surface area contributed by atoms with Gasteiger partial charge in [0.1, 0.15) is 11.5 Å². The monoisotopic (exact) mass is 446 g/mol. The van der Waals surface area contributed by atoms with Gasteiger partial charge in [-0.05, 0) is 43.2 Å².